The van der Waals surface area contributed by atoms with E-state index >= 15 is 0 Å². The van der Waals surface area contributed by atoms with Crippen molar-refractivity contribution in [1.29, 1.82) is 0 Å². The van der Waals surface area contributed by atoms with Gasteiger partial charge in [-0.15, -0.1) is 11.3 Å². The highest BCUT2D eigenvalue weighted by molar-refractivity contribution is 7.89. The van der Waals surface area contributed by atoms with Crippen LogP contribution in [0.15, 0.2) is 52.7 Å². The molecule has 8 heteroatoms. The monoisotopic (exact) mass is 441 g/mol. The Kier molecular flexibility index (Phi) is 5.73. The second-order valence-electron chi connectivity index (χ2n) is 7.45. The maximum Gasteiger partial charge on any atom is 0.257 e. The topological polar surface area (TPSA) is 79.4 Å². The average Bonchev–Trinajstić information content (AvgIpc) is 3.41. The van der Waals surface area contributed by atoms with Crippen molar-refractivity contribution in [2.24, 2.45) is 0 Å². The third kappa shape index (κ3) is 4.16. The van der Waals surface area contributed by atoms with Crippen molar-refractivity contribution in [2.45, 2.75) is 31.6 Å². The van der Waals surface area contributed by atoms with Crippen LogP contribution in [-0.4, -0.2) is 36.7 Å². The van der Waals surface area contributed by atoms with Gasteiger partial charge in [-0.2, -0.15) is 4.31 Å². The largest absolute Gasteiger partial charge is 0.298 e. The van der Waals surface area contributed by atoms with E-state index in [-0.39, 0.29) is 10.8 Å². The van der Waals surface area contributed by atoms with Crippen LogP contribution in [0.5, 0.6) is 0 Å². The number of aryl methyl sites for hydroxylation is 2. The number of carbonyl (C=O) groups is 1. The standard InChI is InChI=1S/C22H23N3O3S2/c1-15-8-9-19(16(2)12-15)20-14-29-22(23-20)24-21(26)17-6-5-7-18(13-17)30(27,28)25-10-3-4-11-25/h5-9,12-14H,3-4,10-11H2,1-2H3,(H,23,24,26). The molecule has 156 valence electrons. The van der Waals surface area contributed by atoms with Gasteiger partial charge in [-0.1, -0.05) is 29.8 Å². The summed E-state index contributed by atoms with van der Waals surface area (Å²) in [5.74, 6) is -0.380. The Labute approximate surface area is 180 Å². The van der Waals surface area contributed by atoms with Crippen molar-refractivity contribution in [3.05, 3.63) is 64.5 Å². The lowest BCUT2D eigenvalue weighted by Crippen LogP contribution is -2.28. The van der Waals surface area contributed by atoms with Crippen molar-refractivity contribution in [3.8, 4) is 11.3 Å². The van der Waals surface area contributed by atoms with Crippen molar-refractivity contribution < 1.29 is 13.2 Å². The van der Waals surface area contributed by atoms with Crippen molar-refractivity contribution in [3.63, 3.8) is 0 Å². The first kappa shape index (κ1) is 20.7. The lowest BCUT2D eigenvalue weighted by atomic mass is 10.0. The van der Waals surface area contributed by atoms with Crippen molar-refractivity contribution in [1.82, 2.24) is 9.29 Å². The number of carbonyl (C=O) groups excluding carboxylic acids is 1. The molecule has 0 unspecified atom stereocenters. The molecule has 0 atom stereocenters. The van der Waals surface area contributed by atoms with Gasteiger partial charge in [0.2, 0.25) is 10.0 Å². The molecule has 1 fully saturated rings. The zero-order valence-electron chi connectivity index (χ0n) is 16.9. The van der Waals surface area contributed by atoms with E-state index < -0.39 is 10.0 Å². The van der Waals surface area contributed by atoms with Gasteiger partial charge in [0.05, 0.1) is 10.6 Å². The molecule has 4 rings (SSSR count). The number of amides is 1. The van der Waals surface area contributed by atoms with Gasteiger partial charge in [0.15, 0.2) is 5.13 Å². The lowest BCUT2D eigenvalue weighted by molar-refractivity contribution is 0.102. The van der Waals surface area contributed by atoms with Crippen LogP contribution in [0.2, 0.25) is 0 Å². The van der Waals surface area contributed by atoms with Crippen LogP contribution in [0.25, 0.3) is 11.3 Å². The zero-order chi connectivity index (χ0) is 21.3. The Morgan fingerprint density at radius 2 is 1.87 bits per heavy atom. The molecule has 1 N–H and O–H groups in total. The van der Waals surface area contributed by atoms with E-state index in [9.17, 15) is 13.2 Å². The van der Waals surface area contributed by atoms with Crippen LogP contribution in [-0.2, 0) is 10.0 Å². The molecule has 30 heavy (non-hydrogen) atoms. The molecule has 0 saturated carbocycles. The smallest absolute Gasteiger partial charge is 0.257 e. The first-order valence-corrected chi connectivity index (χ1v) is 12.1. The summed E-state index contributed by atoms with van der Waals surface area (Å²) in [6.07, 6.45) is 1.73. The molecule has 3 aromatic rings. The molecule has 1 aliphatic heterocycles. The number of nitrogens with zero attached hydrogens (tertiary/aromatic N) is 2. The summed E-state index contributed by atoms with van der Waals surface area (Å²) in [7, 11) is -3.57. The minimum absolute atomic E-state index is 0.146. The highest BCUT2D eigenvalue weighted by atomic mass is 32.2. The summed E-state index contributed by atoms with van der Waals surface area (Å²) in [4.78, 5) is 17.4. The molecule has 0 aliphatic carbocycles. The third-order valence-corrected chi connectivity index (χ3v) is 7.83. The molecular weight excluding hydrogens is 418 g/mol. The van der Waals surface area contributed by atoms with E-state index in [0.29, 0.717) is 23.8 Å². The minimum Gasteiger partial charge on any atom is -0.298 e. The number of nitrogens with one attached hydrogen (secondary N) is 1. The summed E-state index contributed by atoms with van der Waals surface area (Å²) in [5, 5.41) is 5.17. The quantitative estimate of drug-likeness (QED) is 0.634. The number of hydrogen-bond donors (Lipinski definition) is 1. The lowest BCUT2D eigenvalue weighted by Gasteiger charge is -2.15. The first-order valence-electron chi connectivity index (χ1n) is 9.79. The van der Waals surface area contributed by atoms with Gasteiger partial charge < -0.3 is 0 Å². The van der Waals surface area contributed by atoms with E-state index in [0.717, 1.165) is 29.7 Å². The van der Waals surface area contributed by atoms with Gasteiger partial charge in [-0.05, 0) is 50.5 Å². The van der Waals surface area contributed by atoms with Crippen LogP contribution in [0.1, 0.15) is 34.3 Å². The molecule has 1 aromatic heterocycles. The molecule has 0 bridgehead atoms. The number of rotatable bonds is 5. The van der Waals surface area contributed by atoms with Gasteiger partial charge in [0, 0.05) is 29.6 Å². The number of sulfonamides is 1. The van der Waals surface area contributed by atoms with Crippen LogP contribution in [0, 0.1) is 13.8 Å². The minimum atomic E-state index is -3.57. The molecule has 0 spiro atoms. The fourth-order valence-corrected chi connectivity index (χ4v) is 5.87. The number of thiazole rings is 1. The van der Waals surface area contributed by atoms with Gasteiger partial charge in [0.1, 0.15) is 0 Å². The number of anilines is 1. The zero-order valence-corrected chi connectivity index (χ0v) is 18.5. The molecular formula is C22H23N3O3S2. The summed E-state index contributed by atoms with van der Waals surface area (Å²) in [6.45, 7) is 5.13. The second kappa shape index (κ2) is 8.29. The Hall–Kier alpha value is -2.55. The van der Waals surface area contributed by atoms with Crippen LogP contribution in [0.4, 0.5) is 5.13 Å². The van der Waals surface area contributed by atoms with Crippen LogP contribution in [0.3, 0.4) is 0 Å². The van der Waals surface area contributed by atoms with E-state index in [2.05, 4.69) is 16.4 Å². The van der Waals surface area contributed by atoms with Crippen molar-refractivity contribution >= 4 is 32.4 Å². The van der Waals surface area contributed by atoms with Crippen LogP contribution < -0.4 is 5.32 Å². The highest BCUT2D eigenvalue weighted by Crippen LogP contribution is 2.28. The normalized spacial score (nSPS) is 14.7. The van der Waals surface area contributed by atoms with Crippen molar-refractivity contribution in [2.75, 3.05) is 18.4 Å². The summed E-state index contributed by atoms with van der Waals surface area (Å²) >= 11 is 1.34. The van der Waals surface area contributed by atoms with Gasteiger partial charge >= 0.3 is 0 Å². The molecule has 1 aliphatic rings. The Morgan fingerprint density at radius 3 is 2.60 bits per heavy atom. The van der Waals surface area contributed by atoms with E-state index in [1.165, 1.54) is 33.3 Å². The Morgan fingerprint density at radius 1 is 1.10 bits per heavy atom. The molecule has 1 amide bonds. The molecule has 0 radical (unpaired) electrons. The van der Waals surface area contributed by atoms with E-state index in [1.807, 2.05) is 31.4 Å². The first-order chi connectivity index (χ1) is 14.3. The summed E-state index contributed by atoms with van der Waals surface area (Å²) in [5.41, 5.74) is 4.43. The Bertz CT molecular complexity index is 1200. The predicted octanol–water partition coefficient (Wildman–Crippen LogP) is 4.46. The van der Waals surface area contributed by atoms with Crippen LogP contribution >= 0.6 is 11.3 Å². The molecule has 2 heterocycles. The van der Waals surface area contributed by atoms with Gasteiger partial charge in [-0.3, -0.25) is 10.1 Å². The number of benzene rings is 2. The number of hydrogen-bond acceptors (Lipinski definition) is 5. The molecule has 1 saturated heterocycles. The second-order valence-corrected chi connectivity index (χ2v) is 10.2. The molecule has 6 nitrogen and oxygen atoms in total. The predicted molar refractivity (Wildman–Crippen MR) is 119 cm³/mol. The van der Waals surface area contributed by atoms with Gasteiger partial charge in [-0.25, -0.2) is 13.4 Å². The highest BCUT2D eigenvalue weighted by Gasteiger charge is 2.27. The Balaban J connectivity index is 1.53. The average molecular weight is 442 g/mol. The van der Waals surface area contributed by atoms with E-state index in [1.54, 1.807) is 12.1 Å². The molecule has 2 aromatic carbocycles. The third-order valence-electron chi connectivity index (χ3n) is 5.18. The summed E-state index contributed by atoms with van der Waals surface area (Å²) in [6, 6.07) is 12.3. The fraction of sp³-hybridized carbons (Fsp3) is 0.273. The van der Waals surface area contributed by atoms with Gasteiger partial charge in [0.25, 0.3) is 5.91 Å². The maximum atomic E-state index is 12.8. The fourth-order valence-electron chi connectivity index (χ4n) is 3.60. The SMILES string of the molecule is Cc1ccc(-c2csc(NC(=O)c3cccc(S(=O)(=O)N4CCCC4)c3)n2)c(C)c1. The summed E-state index contributed by atoms with van der Waals surface area (Å²) < 4.78 is 27.0. The number of aromatic nitrogens is 1. The maximum absolute atomic E-state index is 12.8. The van der Waals surface area contributed by atoms with E-state index in [4.69, 9.17) is 0 Å².